The number of Topliss-reactive ketones (excluding diaryl/α,β-unsaturated/α-hetero) is 1. The van der Waals surface area contributed by atoms with Gasteiger partial charge in [0.05, 0.1) is 17.7 Å². The van der Waals surface area contributed by atoms with Gasteiger partial charge in [-0.1, -0.05) is 24.3 Å². The van der Waals surface area contributed by atoms with Crippen molar-refractivity contribution in [2.24, 2.45) is 5.92 Å². The highest BCUT2D eigenvalue weighted by Gasteiger charge is 2.32. The number of amides is 1. The maximum absolute atomic E-state index is 12.9. The second kappa shape index (κ2) is 10.8. The Bertz CT molecular complexity index is 1160. The average molecular weight is 488 g/mol. The average Bonchev–Trinajstić information content (AvgIpc) is 2.77. The van der Waals surface area contributed by atoms with Gasteiger partial charge >= 0.3 is 6.18 Å². The first-order valence-electron chi connectivity index (χ1n) is 10.6. The van der Waals surface area contributed by atoms with Crippen LogP contribution in [0, 0.1) is 18.3 Å². The number of pyridine rings is 1. The molecule has 1 aromatic carbocycles. The third kappa shape index (κ3) is 6.22. The summed E-state index contributed by atoms with van der Waals surface area (Å²) in [5.74, 6) is -0.641. The number of nitrogens with one attached hydrogen (secondary N) is 2. The van der Waals surface area contributed by atoms with Crippen molar-refractivity contribution >= 4 is 35.5 Å². The van der Waals surface area contributed by atoms with Crippen LogP contribution in [0.4, 0.5) is 19.0 Å². The quantitative estimate of drug-likeness (QED) is 0.297. The SMILES string of the molecule is CSc1ccc(CC(=O)Nc2cc(C)c3c(n2)CCC(/C=C/C=C(\C=N)C(F)(F)F)C3=O)cc1. The van der Waals surface area contributed by atoms with Gasteiger partial charge in [-0.25, -0.2) is 4.98 Å². The first-order valence-corrected chi connectivity index (χ1v) is 11.8. The van der Waals surface area contributed by atoms with Crippen LogP contribution in [-0.2, 0) is 17.6 Å². The summed E-state index contributed by atoms with van der Waals surface area (Å²) in [6, 6.07) is 9.34. The van der Waals surface area contributed by atoms with E-state index in [1.54, 1.807) is 24.8 Å². The standard InChI is InChI=1S/C25H24F3N3O2S/c1-15-12-21(31-22(32)13-16-6-9-19(34-2)10-7-16)30-20-11-8-17(24(33)23(15)20)4-3-5-18(14-29)25(26,27)28/h3-7,9-10,12,14,17,29H,8,11,13H2,1-2H3,(H,30,31,32)/b4-3+,18-5+,29-14?. The van der Waals surface area contributed by atoms with Crippen molar-refractivity contribution in [1.29, 1.82) is 5.41 Å². The summed E-state index contributed by atoms with van der Waals surface area (Å²) in [5.41, 5.74) is 1.45. The number of nitrogens with zero attached hydrogens (tertiary/aromatic N) is 1. The van der Waals surface area contributed by atoms with E-state index in [0.717, 1.165) is 16.5 Å². The fraction of sp³-hybridized carbons (Fsp3) is 0.280. The second-order valence-electron chi connectivity index (χ2n) is 7.88. The van der Waals surface area contributed by atoms with Gasteiger partial charge in [0, 0.05) is 22.6 Å². The fourth-order valence-corrected chi connectivity index (χ4v) is 4.15. The summed E-state index contributed by atoms with van der Waals surface area (Å²) in [7, 11) is 0. The van der Waals surface area contributed by atoms with Gasteiger partial charge in [-0.15, -0.1) is 11.8 Å². The highest BCUT2D eigenvalue weighted by atomic mass is 32.2. The number of allylic oxidation sites excluding steroid dienone is 4. The van der Waals surface area contributed by atoms with E-state index in [-0.39, 0.29) is 24.3 Å². The van der Waals surface area contributed by atoms with Gasteiger partial charge < -0.3 is 10.7 Å². The molecular formula is C25H24F3N3O2S. The minimum Gasteiger partial charge on any atom is -0.310 e. The van der Waals surface area contributed by atoms with Crippen molar-refractivity contribution in [3.05, 3.63) is 76.5 Å². The number of benzene rings is 1. The van der Waals surface area contributed by atoms with Crippen LogP contribution in [0.15, 0.2) is 59.0 Å². The highest BCUT2D eigenvalue weighted by molar-refractivity contribution is 7.98. The summed E-state index contributed by atoms with van der Waals surface area (Å²) in [4.78, 5) is 31.0. The Balaban J connectivity index is 1.71. The van der Waals surface area contributed by atoms with Crippen LogP contribution in [0.3, 0.4) is 0 Å². The Morgan fingerprint density at radius 1 is 1.29 bits per heavy atom. The van der Waals surface area contributed by atoms with E-state index in [9.17, 15) is 22.8 Å². The number of alkyl halides is 3. The number of fused-ring (bicyclic) bond motifs is 1. The van der Waals surface area contributed by atoms with Crippen LogP contribution in [-0.4, -0.2) is 35.3 Å². The number of carbonyl (C=O) groups excluding carboxylic acids is 2. The zero-order chi connectivity index (χ0) is 24.9. The van der Waals surface area contributed by atoms with Crippen molar-refractivity contribution in [3.63, 3.8) is 0 Å². The molecule has 1 atom stereocenters. The van der Waals surface area contributed by atoms with E-state index in [4.69, 9.17) is 5.41 Å². The molecule has 1 aromatic heterocycles. The smallest absolute Gasteiger partial charge is 0.310 e. The molecule has 1 amide bonds. The minimum atomic E-state index is -4.62. The highest BCUT2D eigenvalue weighted by Crippen LogP contribution is 2.30. The van der Waals surface area contributed by atoms with E-state index in [1.165, 1.54) is 12.2 Å². The summed E-state index contributed by atoms with van der Waals surface area (Å²) in [6.45, 7) is 1.75. The molecule has 3 rings (SSSR count). The van der Waals surface area contributed by atoms with Crippen LogP contribution >= 0.6 is 11.8 Å². The minimum absolute atomic E-state index is 0.196. The Hall–Kier alpha value is -3.20. The third-order valence-corrected chi connectivity index (χ3v) is 6.20. The fourth-order valence-electron chi connectivity index (χ4n) is 3.75. The van der Waals surface area contributed by atoms with Crippen LogP contribution in [0.5, 0.6) is 0 Å². The molecular weight excluding hydrogens is 463 g/mol. The number of carbonyl (C=O) groups is 2. The normalized spacial score (nSPS) is 16.4. The van der Waals surface area contributed by atoms with Crippen molar-refractivity contribution in [2.45, 2.75) is 37.3 Å². The molecule has 9 heteroatoms. The number of aromatic nitrogens is 1. The van der Waals surface area contributed by atoms with Gasteiger partial charge in [0.1, 0.15) is 5.82 Å². The summed E-state index contributed by atoms with van der Waals surface area (Å²) < 4.78 is 38.2. The van der Waals surface area contributed by atoms with Crippen molar-refractivity contribution in [3.8, 4) is 0 Å². The lowest BCUT2D eigenvalue weighted by atomic mass is 9.83. The zero-order valence-corrected chi connectivity index (χ0v) is 19.5. The lowest BCUT2D eigenvalue weighted by molar-refractivity contribution is -0.115. The Morgan fingerprint density at radius 3 is 2.62 bits per heavy atom. The van der Waals surface area contributed by atoms with Gasteiger partial charge in [-0.3, -0.25) is 9.59 Å². The molecule has 0 fully saturated rings. The molecule has 1 aliphatic carbocycles. The van der Waals surface area contributed by atoms with E-state index in [1.807, 2.05) is 30.5 Å². The van der Waals surface area contributed by atoms with E-state index >= 15 is 0 Å². The maximum atomic E-state index is 12.9. The number of rotatable bonds is 7. The Kier molecular flexibility index (Phi) is 8.09. The number of anilines is 1. The van der Waals surface area contributed by atoms with E-state index in [2.05, 4.69) is 10.3 Å². The van der Waals surface area contributed by atoms with Gasteiger partial charge in [-0.05, 0) is 61.4 Å². The molecule has 0 bridgehead atoms. The molecule has 5 nitrogen and oxygen atoms in total. The lowest BCUT2D eigenvalue weighted by Gasteiger charge is -2.22. The third-order valence-electron chi connectivity index (χ3n) is 5.46. The molecule has 178 valence electrons. The van der Waals surface area contributed by atoms with Gasteiger partial charge in [0.25, 0.3) is 0 Å². The van der Waals surface area contributed by atoms with Crippen LogP contribution in [0.1, 0.15) is 33.6 Å². The van der Waals surface area contributed by atoms with Crippen molar-refractivity contribution in [2.75, 3.05) is 11.6 Å². The molecule has 0 spiro atoms. The molecule has 2 aromatic rings. The molecule has 1 heterocycles. The number of hydrogen-bond donors (Lipinski definition) is 2. The van der Waals surface area contributed by atoms with E-state index in [0.29, 0.717) is 35.5 Å². The molecule has 2 N–H and O–H groups in total. The van der Waals surface area contributed by atoms with Crippen LogP contribution in [0.25, 0.3) is 0 Å². The topological polar surface area (TPSA) is 82.9 Å². The van der Waals surface area contributed by atoms with Crippen LogP contribution in [0.2, 0.25) is 0 Å². The number of ketones is 1. The predicted molar refractivity (Wildman–Crippen MR) is 128 cm³/mol. The van der Waals surface area contributed by atoms with Gasteiger partial charge in [-0.2, -0.15) is 13.2 Å². The second-order valence-corrected chi connectivity index (χ2v) is 8.76. The van der Waals surface area contributed by atoms with Gasteiger partial charge in [0.15, 0.2) is 5.78 Å². The number of thioether (sulfide) groups is 1. The van der Waals surface area contributed by atoms with Crippen LogP contribution < -0.4 is 5.32 Å². The lowest BCUT2D eigenvalue weighted by Crippen LogP contribution is -2.24. The number of hydrogen-bond acceptors (Lipinski definition) is 5. The largest absolute Gasteiger partial charge is 0.417 e. The molecule has 1 unspecified atom stereocenters. The maximum Gasteiger partial charge on any atom is 0.417 e. The van der Waals surface area contributed by atoms with E-state index < -0.39 is 17.7 Å². The van der Waals surface area contributed by atoms with Gasteiger partial charge in [0.2, 0.25) is 5.91 Å². The number of aryl methyl sites for hydroxylation is 2. The van der Waals surface area contributed by atoms with Crippen molar-refractivity contribution in [1.82, 2.24) is 4.98 Å². The molecule has 0 aliphatic heterocycles. The summed E-state index contributed by atoms with van der Waals surface area (Å²) in [6.07, 6.45) is 2.04. The zero-order valence-electron chi connectivity index (χ0n) is 18.7. The molecule has 34 heavy (non-hydrogen) atoms. The molecule has 0 saturated heterocycles. The predicted octanol–water partition coefficient (Wildman–Crippen LogP) is 5.73. The Morgan fingerprint density at radius 2 is 2.00 bits per heavy atom. The Labute approximate surface area is 200 Å². The summed E-state index contributed by atoms with van der Waals surface area (Å²) >= 11 is 1.62. The first kappa shape index (κ1) is 25.4. The number of halogens is 3. The monoisotopic (exact) mass is 487 g/mol. The molecule has 0 saturated carbocycles. The molecule has 1 aliphatic rings. The van der Waals surface area contributed by atoms with Crippen molar-refractivity contribution < 1.29 is 22.8 Å². The first-order chi connectivity index (χ1) is 16.1. The summed E-state index contributed by atoms with van der Waals surface area (Å²) in [5, 5.41) is 9.68. The molecule has 0 radical (unpaired) electrons.